The van der Waals surface area contributed by atoms with E-state index >= 15 is 0 Å². The molecule has 0 aliphatic heterocycles. The predicted octanol–water partition coefficient (Wildman–Crippen LogP) is 0.862. The minimum atomic E-state index is -0.898. The van der Waals surface area contributed by atoms with Crippen LogP contribution < -0.4 is 5.56 Å². The summed E-state index contributed by atoms with van der Waals surface area (Å²) in [5.41, 5.74) is 1.58. The number of aryl methyl sites for hydroxylation is 1. The standard InChI is InChI=1S/C12H14N4O3S/c1-6(10(18)19)20-12-15-14-11-13-9(17)7-4-2-3-5-8(7)16(11)12/h6H,2-5H2,1H3,(H,18,19)(H,13,14,17). The molecule has 3 rings (SSSR count). The SMILES string of the molecule is CC(Sc1nnc2[nH]c(=O)c3c(n12)CCCC3)C(=O)O. The van der Waals surface area contributed by atoms with E-state index in [1.807, 2.05) is 0 Å². The first-order valence-corrected chi connectivity index (χ1v) is 7.34. The molecule has 0 radical (unpaired) electrons. The molecule has 0 spiro atoms. The van der Waals surface area contributed by atoms with Gasteiger partial charge in [0.1, 0.15) is 5.25 Å². The summed E-state index contributed by atoms with van der Waals surface area (Å²) >= 11 is 1.13. The van der Waals surface area contributed by atoms with Gasteiger partial charge in [-0.25, -0.2) is 0 Å². The van der Waals surface area contributed by atoms with E-state index in [-0.39, 0.29) is 5.56 Å². The maximum Gasteiger partial charge on any atom is 0.316 e. The molecule has 0 aromatic carbocycles. The first kappa shape index (κ1) is 13.2. The summed E-state index contributed by atoms with van der Waals surface area (Å²) in [6, 6.07) is 0. The number of nitrogens with zero attached hydrogens (tertiary/aromatic N) is 3. The first-order valence-electron chi connectivity index (χ1n) is 6.46. The van der Waals surface area contributed by atoms with Crippen molar-refractivity contribution in [3.8, 4) is 0 Å². The van der Waals surface area contributed by atoms with E-state index in [9.17, 15) is 9.59 Å². The second-order valence-corrected chi connectivity index (χ2v) is 6.13. The number of hydrogen-bond acceptors (Lipinski definition) is 5. The third kappa shape index (κ3) is 2.09. The molecule has 20 heavy (non-hydrogen) atoms. The first-order chi connectivity index (χ1) is 9.58. The second kappa shape index (κ2) is 4.93. The number of carbonyl (C=O) groups is 1. The molecule has 0 fully saturated rings. The zero-order valence-electron chi connectivity index (χ0n) is 10.9. The molecule has 1 aliphatic rings. The Morgan fingerprint density at radius 3 is 2.90 bits per heavy atom. The fourth-order valence-corrected chi connectivity index (χ4v) is 3.24. The van der Waals surface area contributed by atoms with Crippen LogP contribution >= 0.6 is 11.8 Å². The number of aromatic nitrogens is 4. The molecule has 0 saturated heterocycles. The van der Waals surface area contributed by atoms with Crippen molar-refractivity contribution in [2.75, 3.05) is 0 Å². The third-order valence-corrected chi connectivity index (χ3v) is 4.50. The number of hydrogen-bond donors (Lipinski definition) is 2. The molecule has 1 unspecified atom stereocenters. The van der Waals surface area contributed by atoms with E-state index in [0.717, 1.165) is 48.7 Å². The number of fused-ring (bicyclic) bond motifs is 3. The van der Waals surface area contributed by atoms with E-state index in [4.69, 9.17) is 5.11 Å². The number of carboxylic acids is 1. The summed E-state index contributed by atoms with van der Waals surface area (Å²) < 4.78 is 1.79. The Morgan fingerprint density at radius 1 is 1.40 bits per heavy atom. The Labute approximate surface area is 118 Å². The molecule has 2 heterocycles. The Balaban J connectivity index is 2.15. The largest absolute Gasteiger partial charge is 0.480 e. The van der Waals surface area contributed by atoms with Gasteiger partial charge in [0.15, 0.2) is 5.16 Å². The van der Waals surface area contributed by atoms with Gasteiger partial charge in [0.05, 0.1) is 0 Å². The number of nitrogens with one attached hydrogen (secondary N) is 1. The maximum atomic E-state index is 12.0. The van der Waals surface area contributed by atoms with Gasteiger partial charge in [0.25, 0.3) is 5.56 Å². The molecule has 1 aliphatic carbocycles. The van der Waals surface area contributed by atoms with Gasteiger partial charge >= 0.3 is 5.97 Å². The van der Waals surface area contributed by atoms with Gasteiger partial charge in [-0.05, 0) is 32.6 Å². The van der Waals surface area contributed by atoms with Gasteiger partial charge in [0.2, 0.25) is 5.78 Å². The lowest BCUT2D eigenvalue weighted by molar-refractivity contribution is -0.136. The van der Waals surface area contributed by atoms with Crippen LogP contribution in [0.4, 0.5) is 0 Å². The zero-order valence-corrected chi connectivity index (χ0v) is 11.7. The Hall–Kier alpha value is -1.83. The van der Waals surface area contributed by atoms with E-state index in [1.54, 1.807) is 11.3 Å². The van der Waals surface area contributed by atoms with E-state index in [1.165, 1.54) is 0 Å². The number of carboxylic acid groups (broad SMARTS) is 1. The molecular weight excluding hydrogens is 280 g/mol. The number of thioether (sulfide) groups is 1. The number of aliphatic carboxylic acids is 1. The van der Waals surface area contributed by atoms with Crippen molar-refractivity contribution >= 4 is 23.5 Å². The predicted molar refractivity (Wildman–Crippen MR) is 73.2 cm³/mol. The molecule has 0 bridgehead atoms. The minimum Gasteiger partial charge on any atom is -0.480 e. The van der Waals surface area contributed by atoms with Crippen molar-refractivity contribution in [1.29, 1.82) is 0 Å². The van der Waals surface area contributed by atoms with Crippen molar-refractivity contribution < 1.29 is 9.90 Å². The second-order valence-electron chi connectivity index (χ2n) is 4.83. The van der Waals surface area contributed by atoms with Crippen LogP contribution in [0.1, 0.15) is 31.0 Å². The summed E-state index contributed by atoms with van der Waals surface area (Å²) in [6.07, 6.45) is 3.56. The Bertz CT molecular complexity index is 736. The summed E-state index contributed by atoms with van der Waals surface area (Å²) in [5, 5.41) is 16.9. The summed E-state index contributed by atoms with van der Waals surface area (Å²) in [6.45, 7) is 1.60. The van der Waals surface area contributed by atoms with Gasteiger partial charge in [-0.3, -0.25) is 19.0 Å². The monoisotopic (exact) mass is 294 g/mol. The maximum absolute atomic E-state index is 12.0. The smallest absolute Gasteiger partial charge is 0.316 e. The highest BCUT2D eigenvalue weighted by Gasteiger charge is 2.22. The number of rotatable bonds is 3. The van der Waals surface area contributed by atoms with E-state index in [0.29, 0.717) is 10.9 Å². The van der Waals surface area contributed by atoms with Crippen LogP contribution in [0.25, 0.3) is 5.78 Å². The fraction of sp³-hybridized carbons (Fsp3) is 0.500. The van der Waals surface area contributed by atoms with E-state index in [2.05, 4.69) is 15.2 Å². The average molecular weight is 294 g/mol. The van der Waals surface area contributed by atoms with Crippen molar-refractivity contribution in [3.05, 3.63) is 21.6 Å². The fourth-order valence-electron chi connectivity index (χ4n) is 2.44. The normalized spacial score (nSPS) is 16.1. The molecule has 106 valence electrons. The number of H-pyrrole nitrogens is 1. The highest BCUT2D eigenvalue weighted by atomic mass is 32.2. The van der Waals surface area contributed by atoms with Crippen LogP contribution in [0.2, 0.25) is 0 Å². The van der Waals surface area contributed by atoms with Gasteiger partial charge in [-0.1, -0.05) is 11.8 Å². The van der Waals surface area contributed by atoms with Crippen LogP contribution in [0.5, 0.6) is 0 Å². The quantitative estimate of drug-likeness (QED) is 0.814. The van der Waals surface area contributed by atoms with Crippen LogP contribution in [-0.4, -0.2) is 35.9 Å². The highest BCUT2D eigenvalue weighted by molar-refractivity contribution is 8.00. The summed E-state index contributed by atoms with van der Waals surface area (Å²) in [7, 11) is 0. The summed E-state index contributed by atoms with van der Waals surface area (Å²) in [4.78, 5) is 25.7. The highest BCUT2D eigenvalue weighted by Crippen LogP contribution is 2.26. The van der Waals surface area contributed by atoms with Crippen LogP contribution in [-0.2, 0) is 17.6 Å². The van der Waals surface area contributed by atoms with Gasteiger partial charge < -0.3 is 5.11 Å². The zero-order chi connectivity index (χ0) is 14.3. The number of aromatic amines is 1. The van der Waals surface area contributed by atoms with E-state index < -0.39 is 11.2 Å². The molecule has 2 aromatic rings. The third-order valence-electron chi connectivity index (χ3n) is 3.47. The molecule has 0 saturated carbocycles. The lowest BCUT2D eigenvalue weighted by atomic mass is 9.97. The molecule has 1 atom stereocenters. The van der Waals surface area contributed by atoms with Crippen molar-refractivity contribution in [2.45, 2.75) is 43.0 Å². The van der Waals surface area contributed by atoms with Crippen LogP contribution in [0, 0.1) is 0 Å². The minimum absolute atomic E-state index is 0.109. The lowest BCUT2D eigenvalue weighted by Gasteiger charge is -2.16. The van der Waals surface area contributed by atoms with Gasteiger partial charge in [0, 0.05) is 11.3 Å². The summed E-state index contributed by atoms with van der Waals surface area (Å²) in [5.74, 6) is -0.513. The molecule has 7 nitrogen and oxygen atoms in total. The topological polar surface area (TPSA) is 100 Å². The molecule has 0 amide bonds. The Morgan fingerprint density at radius 2 is 2.15 bits per heavy atom. The van der Waals surface area contributed by atoms with Gasteiger partial charge in [-0.15, -0.1) is 10.2 Å². The average Bonchev–Trinajstić information content (AvgIpc) is 2.82. The molecule has 2 N–H and O–H groups in total. The van der Waals surface area contributed by atoms with Crippen LogP contribution in [0.3, 0.4) is 0 Å². The van der Waals surface area contributed by atoms with Crippen molar-refractivity contribution in [2.24, 2.45) is 0 Å². The Kier molecular flexibility index (Phi) is 3.25. The lowest BCUT2D eigenvalue weighted by Crippen LogP contribution is -2.23. The molecule has 8 heteroatoms. The van der Waals surface area contributed by atoms with Crippen LogP contribution in [0.15, 0.2) is 9.95 Å². The van der Waals surface area contributed by atoms with Crippen molar-refractivity contribution in [1.82, 2.24) is 19.6 Å². The van der Waals surface area contributed by atoms with Crippen molar-refractivity contribution in [3.63, 3.8) is 0 Å². The molecule has 2 aromatic heterocycles. The van der Waals surface area contributed by atoms with Gasteiger partial charge in [-0.2, -0.15) is 0 Å². The molecular formula is C12H14N4O3S.